The predicted molar refractivity (Wildman–Crippen MR) is 66.3 cm³/mol. The SMILES string of the molecule is [CH2]C(CC(N)=O)c1cc(C)cc(-c2nnn[nH]2)c1. The second kappa shape index (κ2) is 4.95. The molecule has 1 aromatic carbocycles. The average Bonchev–Trinajstić information content (AvgIpc) is 2.80. The Labute approximate surface area is 105 Å². The summed E-state index contributed by atoms with van der Waals surface area (Å²) in [4.78, 5) is 10.9. The normalized spacial score (nSPS) is 12.3. The third kappa shape index (κ3) is 2.71. The maximum atomic E-state index is 10.9. The summed E-state index contributed by atoms with van der Waals surface area (Å²) in [7, 11) is 0. The maximum Gasteiger partial charge on any atom is 0.218 e. The van der Waals surface area contributed by atoms with Crippen LogP contribution in [0.1, 0.15) is 23.5 Å². The summed E-state index contributed by atoms with van der Waals surface area (Å²) < 4.78 is 0. The molecule has 1 heterocycles. The van der Waals surface area contributed by atoms with Gasteiger partial charge in [0.15, 0.2) is 5.82 Å². The molecule has 2 aromatic rings. The van der Waals surface area contributed by atoms with Crippen LogP contribution in [0.5, 0.6) is 0 Å². The Hall–Kier alpha value is -2.24. The molecule has 0 aliphatic carbocycles. The van der Waals surface area contributed by atoms with Crippen LogP contribution in [0, 0.1) is 13.8 Å². The van der Waals surface area contributed by atoms with Gasteiger partial charge in [-0.25, -0.2) is 5.10 Å². The first-order valence-corrected chi connectivity index (χ1v) is 5.53. The summed E-state index contributed by atoms with van der Waals surface area (Å²) in [5, 5.41) is 13.6. The van der Waals surface area contributed by atoms with Gasteiger partial charge in [-0.2, -0.15) is 0 Å². The van der Waals surface area contributed by atoms with Crippen molar-refractivity contribution in [2.75, 3.05) is 0 Å². The van der Waals surface area contributed by atoms with Crippen LogP contribution < -0.4 is 5.73 Å². The van der Waals surface area contributed by atoms with Gasteiger partial charge in [0.1, 0.15) is 0 Å². The van der Waals surface area contributed by atoms with Crippen molar-refractivity contribution in [3.05, 3.63) is 36.2 Å². The van der Waals surface area contributed by atoms with Crippen molar-refractivity contribution in [2.24, 2.45) is 5.73 Å². The largest absolute Gasteiger partial charge is 0.370 e. The minimum absolute atomic E-state index is 0.169. The minimum atomic E-state index is -0.362. The smallest absolute Gasteiger partial charge is 0.218 e. The van der Waals surface area contributed by atoms with Gasteiger partial charge in [0.05, 0.1) is 0 Å². The van der Waals surface area contributed by atoms with Crippen LogP contribution in [-0.2, 0) is 4.79 Å². The van der Waals surface area contributed by atoms with E-state index in [1.54, 1.807) is 0 Å². The number of hydrogen-bond acceptors (Lipinski definition) is 4. The molecule has 1 unspecified atom stereocenters. The number of carbonyl (C=O) groups excluding carboxylic acids is 1. The number of aromatic amines is 1. The molecule has 93 valence electrons. The summed E-state index contributed by atoms with van der Waals surface area (Å²) in [6, 6.07) is 5.85. The van der Waals surface area contributed by atoms with Crippen molar-refractivity contribution in [1.29, 1.82) is 0 Å². The van der Waals surface area contributed by atoms with E-state index in [0.29, 0.717) is 5.82 Å². The Balaban J connectivity index is 2.35. The molecule has 0 bridgehead atoms. The number of nitrogens with two attached hydrogens (primary N) is 1. The fourth-order valence-electron chi connectivity index (χ4n) is 1.83. The van der Waals surface area contributed by atoms with Crippen molar-refractivity contribution >= 4 is 5.91 Å². The summed E-state index contributed by atoms with van der Waals surface area (Å²) in [6.07, 6.45) is 0.220. The van der Waals surface area contributed by atoms with Gasteiger partial charge in [0, 0.05) is 12.0 Å². The lowest BCUT2D eigenvalue weighted by Crippen LogP contribution is -2.14. The monoisotopic (exact) mass is 244 g/mol. The van der Waals surface area contributed by atoms with Crippen LogP contribution in [-0.4, -0.2) is 26.5 Å². The van der Waals surface area contributed by atoms with Crippen molar-refractivity contribution in [3.8, 4) is 11.4 Å². The van der Waals surface area contributed by atoms with Gasteiger partial charge in [-0.1, -0.05) is 11.6 Å². The zero-order valence-electron chi connectivity index (χ0n) is 10.1. The molecule has 0 spiro atoms. The molecule has 2 rings (SSSR count). The molecule has 0 aliphatic rings. The number of benzene rings is 1. The highest BCUT2D eigenvalue weighted by molar-refractivity contribution is 5.75. The minimum Gasteiger partial charge on any atom is -0.370 e. The number of aryl methyl sites for hydroxylation is 1. The lowest BCUT2D eigenvalue weighted by molar-refractivity contribution is -0.118. The van der Waals surface area contributed by atoms with E-state index in [0.717, 1.165) is 16.7 Å². The van der Waals surface area contributed by atoms with Crippen LogP contribution in [0.4, 0.5) is 0 Å². The Morgan fingerprint density at radius 1 is 1.50 bits per heavy atom. The molecule has 0 fully saturated rings. The van der Waals surface area contributed by atoms with E-state index in [-0.39, 0.29) is 18.2 Å². The number of hydrogen-bond donors (Lipinski definition) is 2. The number of H-pyrrole nitrogens is 1. The van der Waals surface area contributed by atoms with Gasteiger partial charge in [-0.3, -0.25) is 4.79 Å². The summed E-state index contributed by atoms with van der Waals surface area (Å²) in [5.74, 6) is 0.0580. The van der Waals surface area contributed by atoms with E-state index in [2.05, 4.69) is 27.5 Å². The highest BCUT2D eigenvalue weighted by atomic mass is 16.1. The van der Waals surface area contributed by atoms with E-state index in [1.165, 1.54) is 0 Å². The number of rotatable bonds is 4. The van der Waals surface area contributed by atoms with Crippen molar-refractivity contribution in [3.63, 3.8) is 0 Å². The van der Waals surface area contributed by atoms with E-state index >= 15 is 0 Å². The topological polar surface area (TPSA) is 97.6 Å². The summed E-state index contributed by atoms with van der Waals surface area (Å²) >= 11 is 0. The van der Waals surface area contributed by atoms with E-state index in [1.807, 2.05) is 25.1 Å². The second-order valence-corrected chi connectivity index (χ2v) is 4.25. The molecule has 1 aromatic heterocycles. The van der Waals surface area contributed by atoms with Crippen molar-refractivity contribution in [2.45, 2.75) is 19.3 Å². The molecule has 1 radical (unpaired) electrons. The lowest BCUT2D eigenvalue weighted by atomic mass is 9.94. The van der Waals surface area contributed by atoms with Gasteiger partial charge in [0.25, 0.3) is 0 Å². The van der Waals surface area contributed by atoms with Crippen LogP contribution in [0.15, 0.2) is 18.2 Å². The molecule has 3 N–H and O–H groups in total. The molecular weight excluding hydrogens is 230 g/mol. The second-order valence-electron chi connectivity index (χ2n) is 4.25. The number of tetrazole rings is 1. The van der Waals surface area contributed by atoms with Crippen LogP contribution in [0.25, 0.3) is 11.4 Å². The number of carbonyl (C=O) groups is 1. The quantitative estimate of drug-likeness (QED) is 0.837. The third-order valence-corrected chi connectivity index (χ3v) is 2.64. The van der Waals surface area contributed by atoms with Gasteiger partial charge in [-0.15, -0.1) is 5.10 Å². The van der Waals surface area contributed by atoms with Crippen LogP contribution in [0.2, 0.25) is 0 Å². The van der Waals surface area contributed by atoms with Crippen LogP contribution in [0.3, 0.4) is 0 Å². The van der Waals surface area contributed by atoms with E-state index in [4.69, 9.17) is 5.73 Å². The zero-order chi connectivity index (χ0) is 13.1. The van der Waals surface area contributed by atoms with Gasteiger partial charge < -0.3 is 5.73 Å². The molecule has 1 atom stereocenters. The van der Waals surface area contributed by atoms with Crippen LogP contribution >= 0.6 is 0 Å². The number of primary amides is 1. The Kier molecular flexibility index (Phi) is 3.36. The molecule has 6 heteroatoms. The highest BCUT2D eigenvalue weighted by Gasteiger charge is 2.12. The number of nitrogens with zero attached hydrogens (tertiary/aromatic N) is 3. The fraction of sp³-hybridized carbons (Fsp3) is 0.250. The maximum absolute atomic E-state index is 10.9. The van der Waals surface area contributed by atoms with E-state index < -0.39 is 0 Å². The molecule has 0 aliphatic heterocycles. The highest BCUT2D eigenvalue weighted by Crippen LogP contribution is 2.25. The average molecular weight is 244 g/mol. The van der Waals surface area contributed by atoms with Gasteiger partial charge in [-0.05, 0) is 47.9 Å². The number of nitrogens with one attached hydrogen (secondary N) is 1. The molecule has 1 amide bonds. The summed E-state index contributed by atoms with van der Waals surface area (Å²) in [6.45, 7) is 5.92. The molecule has 0 saturated carbocycles. The lowest BCUT2D eigenvalue weighted by Gasteiger charge is -2.11. The zero-order valence-corrected chi connectivity index (χ0v) is 10.1. The first kappa shape index (κ1) is 12.2. The van der Waals surface area contributed by atoms with Crippen molar-refractivity contribution in [1.82, 2.24) is 20.6 Å². The molecular formula is C12H14N5O. The molecule has 0 saturated heterocycles. The van der Waals surface area contributed by atoms with Gasteiger partial charge >= 0.3 is 0 Å². The molecule has 6 nitrogen and oxygen atoms in total. The fourth-order valence-corrected chi connectivity index (χ4v) is 1.83. The van der Waals surface area contributed by atoms with E-state index in [9.17, 15) is 4.79 Å². The predicted octanol–water partition coefficient (Wildman–Crippen LogP) is 0.968. The summed E-state index contributed by atoms with van der Waals surface area (Å²) in [5.41, 5.74) is 8.05. The van der Waals surface area contributed by atoms with Gasteiger partial charge in [0.2, 0.25) is 5.91 Å². The number of aromatic nitrogens is 4. The first-order chi connectivity index (χ1) is 8.56. The standard InChI is InChI=1S/C12H14N5O/c1-7-3-9(8(2)5-11(13)18)6-10(4-7)12-14-16-17-15-12/h3-4,6,8H,2,5H2,1H3,(H2,13,18)(H,14,15,16,17). The first-order valence-electron chi connectivity index (χ1n) is 5.53. The van der Waals surface area contributed by atoms with Crippen molar-refractivity contribution < 1.29 is 4.79 Å². The number of amides is 1. The third-order valence-electron chi connectivity index (χ3n) is 2.64. The Bertz CT molecular complexity index is 550. The Morgan fingerprint density at radius 3 is 2.89 bits per heavy atom. The Morgan fingerprint density at radius 2 is 2.28 bits per heavy atom. The molecule has 18 heavy (non-hydrogen) atoms.